The number of hydrogen-bond donors (Lipinski definition) is 1. The Kier molecular flexibility index (Phi) is 7.11. The molecule has 0 spiro atoms. The average Bonchev–Trinajstić information content (AvgIpc) is 2.91. The Morgan fingerprint density at radius 1 is 0.861 bits per heavy atom. The van der Waals surface area contributed by atoms with Crippen molar-refractivity contribution in [2.75, 3.05) is 10.2 Å². The van der Waals surface area contributed by atoms with Gasteiger partial charge in [-0.05, 0) is 67.1 Å². The molecule has 0 bridgehead atoms. The van der Waals surface area contributed by atoms with E-state index in [0.29, 0.717) is 12.1 Å². The zero-order valence-corrected chi connectivity index (χ0v) is 21.1. The first-order chi connectivity index (χ1) is 17.5. The van der Waals surface area contributed by atoms with Gasteiger partial charge in [-0.15, -0.1) is 11.8 Å². The standard InChI is InChI=1S/C29H23FN2O2S2/c1-2-25(29(34)32-23-11-5-7-13-26(23)36-27-14-8-6-12-24(27)32)35-20-17-15-19(16-18-20)31-28(33)21-9-3-4-10-22(21)30/h3-18,25H,2H2,1H3,(H,31,33). The molecule has 0 fully saturated rings. The Morgan fingerprint density at radius 3 is 2.06 bits per heavy atom. The number of benzene rings is 4. The van der Waals surface area contributed by atoms with Gasteiger partial charge >= 0.3 is 0 Å². The highest BCUT2D eigenvalue weighted by atomic mass is 32.2. The molecule has 4 nitrogen and oxygen atoms in total. The quantitative estimate of drug-likeness (QED) is 0.267. The Balaban J connectivity index is 1.34. The molecule has 2 amide bonds. The fourth-order valence-corrected chi connectivity index (χ4v) is 6.07. The number of halogens is 1. The van der Waals surface area contributed by atoms with E-state index in [-0.39, 0.29) is 16.7 Å². The van der Waals surface area contributed by atoms with Crippen LogP contribution in [-0.2, 0) is 4.79 Å². The lowest BCUT2D eigenvalue weighted by molar-refractivity contribution is -0.117. The second-order valence-electron chi connectivity index (χ2n) is 8.18. The smallest absolute Gasteiger partial charge is 0.258 e. The zero-order chi connectivity index (χ0) is 25.1. The van der Waals surface area contributed by atoms with Crippen LogP contribution in [0.15, 0.2) is 112 Å². The number of nitrogens with one attached hydrogen (secondary N) is 1. The largest absolute Gasteiger partial charge is 0.322 e. The van der Waals surface area contributed by atoms with Gasteiger partial charge < -0.3 is 5.32 Å². The van der Waals surface area contributed by atoms with E-state index in [9.17, 15) is 14.0 Å². The van der Waals surface area contributed by atoms with E-state index in [4.69, 9.17) is 0 Å². The second kappa shape index (κ2) is 10.6. The maximum Gasteiger partial charge on any atom is 0.258 e. The van der Waals surface area contributed by atoms with Crippen molar-refractivity contribution in [2.45, 2.75) is 33.3 Å². The van der Waals surface area contributed by atoms with Crippen LogP contribution >= 0.6 is 23.5 Å². The second-order valence-corrected chi connectivity index (χ2v) is 10.5. The van der Waals surface area contributed by atoms with Crippen LogP contribution in [0.5, 0.6) is 0 Å². The van der Waals surface area contributed by atoms with Crippen molar-refractivity contribution < 1.29 is 14.0 Å². The topological polar surface area (TPSA) is 49.4 Å². The number of thioether (sulfide) groups is 1. The normalized spacial score (nSPS) is 12.9. The van der Waals surface area contributed by atoms with Gasteiger partial charge in [0.2, 0.25) is 5.91 Å². The molecule has 1 unspecified atom stereocenters. The summed E-state index contributed by atoms with van der Waals surface area (Å²) in [6.45, 7) is 2.01. The van der Waals surface area contributed by atoms with Crippen molar-refractivity contribution in [2.24, 2.45) is 0 Å². The Hall–Kier alpha value is -3.55. The Labute approximate surface area is 217 Å². The van der Waals surface area contributed by atoms with E-state index >= 15 is 0 Å². The summed E-state index contributed by atoms with van der Waals surface area (Å²) in [6.07, 6.45) is 0.656. The van der Waals surface area contributed by atoms with Crippen LogP contribution in [0.2, 0.25) is 0 Å². The predicted octanol–water partition coefficient (Wildman–Crippen LogP) is 7.78. The maximum absolute atomic E-state index is 13.9. The summed E-state index contributed by atoms with van der Waals surface area (Å²) >= 11 is 3.17. The first-order valence-corrected chi connectivity index (χ1v) is 13.3. The van der Waals surface area contributed by atoms with Crippen LogP contribution in [0.1, 0.15) is 23.7 Å². The molecule has 1 heterocycles. The Bertz CT molecular complexity index is 1380. The lowest BCUT2D eigenvalue weighted by atomic mass is 10.2. The molecule has 0 aliphatic carbocycles. The summed E-state index contributed by atoms with van der Waals surface area (Å²) in [5.41, 5.74) is 2.35. The van der Waals surface area contributed by atoms with Crippen molar-refractivity contribution in [1.29, 1.82) is 0 Å². The van der Waals surface area contributed by atoms with E-state index < -0.39 is 11.7 Å². The molecular formula is C29H23FN2O2S2. The third-order valence-corrected chi connectivity index (χ3v) is 8.30. The molecule has 180 valence electrons. The molecule has 1 aliphatic heterocycles. The van der Waals surface area contributed by atoms with E-state index in [1.807, 2.05) is 72.5 Å². The highest BCUT2D eigenvalue weighted by Crippen LogP contribution is 2.48. The van der Waals surface area contributed by atoms with Gasteiger partial charge in [-0.25, -0.2) is 4.39 Å². The molecule has 36 heavy (non-hydrogen) atoms. The van der Waals surface area contributed by atoms with Gasteiger partial charge in [-0.2, -0.15) is 0 Å². The monoisotopic (exact) mass is 514 g/mol. The summed E-state index contributed by atoms with van der Waals surface area (Å²) in [5.74, 6) is -1.04. The summed E-state index contributed by atoms with van der Waals surface area (Å²) in [5, 5.41) is 2.43. The summed E-state index contributed by atoms with van der Waals surface area (Å²) in [4.78, 5) is 31.1. The van der Waals surface area contributed by atoms with Crippen LogP contribution in [0, 0.1) is 5.82 Å². The van der Waals surface area contributed by atoms with Crippen molar-refractivity contribution >= 4 is 52.4 Å². The maximum atomic E-state index is 13.9. The molecule has 0 saturated heterocycles. The number of amides is 2. The molecular weight excluding hydrogens is 491 g/mol. The zero-order valence-electron chi connectivity index (χ0n) is 19.5. The summed E-state index contributed by atoms with van der Waals surface area (Å²) in [7, 11) is 0. The minimum Gasteiger partial charge on any atom is -0.322 e. The molecule has 4 aromatic rings. The molecule has 1 N–H and O–H groups in total. The minimum absolute atomic E-state index is 0.00662. The highest BCUT2D eigenvalue weighted by Gasteiger charge is 2.32. The van der Waals surface area contributed by atoms with Gasteiger partial charge in [0.1, 0.15) is 5.82 Å². The van der Waals surface area contributed by atoms with Gasteiger partial charge in [0.05, 0.1) is 22.2 Å². The predicted molar refractivity (Wildman–Crippen MR) is 145 cm³/mol. The number of anilines is 3. The van der Waals surface area contributed by atoms with Gasteiger partial charge in [0.25, 0.3) is 5.91 Å². The molecule has 1 atom stereocenters. The molecule has 5 rings (SSSR count). The van der Waals surface area contributed by atoms with Gasteiger partial charge in [-0.1, -0.05) is 55.1 Å². The van der Waals surface area contributed by atoms with E-state index in [2.05, 4.69) is 5.32 Å². The van der Waals surface area contributed by atoms with Crippen LogP contribution in [0.3, 0.4) is 0 Å². The van der Waals surface area contributed by atoms with Crippen LogP contribution in [-0.4, -0.2) is 17.1 Å². The third kappa shape index (κ3) is 4.90. The van der Waals surface area contributed by atoms with Crippen molar-refractivity contribution in [3.63, 3.8) is 0 Å². The van der Waals surface area contributed by atoms with E-state index in [0.717, 1.165) is 26.1 Å². The van der Waals surface area contributed by atoms with Gasteiger partial charge in [-0.3, -0.25) is 14.5 Å². The number of carbonyl (C=O) groups is 2. The number of rotatable bonds is 6. The molecule has 7 heteroatoms. The number of fused-ring (bicyclic) bond motifs is 2. The molecule has 0 radical (unpaired) electrons. The van der Waals surface area contributed by atoms with Crippen molar-refractivity contribution in [3.8, 4) is 0 Å². The molecule has 0 saturated carbocycles. The third-order valence-electron chi connectivity index (χ3n) is 5.81. The van der Waals surface area contributed by atoms with Crippen molar-refractivity contribution in [3.05, 3.63) is 108 Å². The minimum atomic E-state index is -0.564. The number of carbonyl (C=O) groups excluding carboxylic acids is 2. The van der Waals surface area contributed by atoms with Gasteiger partial charge in [0, 0.05) is 20.4 Å². The lowest BCUT2D eigenvalue weighted by Crippen LogP contribution is -2.35. The number of para-hydroxylation sites is 2. The van der Waals surface area contributed by atoms with Crippen LogP contribution < -0.4 is 10.2 Å². The highest BCUT2D eigenvalue weighted by molar-refractivity contribution is 8.00. The van der Waals surface area contributed by atoms with E-state index in [1.165, 1.54) is 23.9 Å². The molecule has 0 aromatic heterocycles. The number of hydrogen-bond acceptors (Lipinski definition) is 4. The fraction of sp³-hybridized carbons (Fsp3) is 0.103. The number of nitrogens with zero attached hydrogens (tertiary/aromatic N) is 1. The summed E-state index contributed by atoms with van der Waals surface area (Å²) in [6, 6.07) is 29.1. The van der Waals surface area contributed by atoms with Crippen molar-refractivity contribution in [1.82, 2.24) is 0 Å². The average molecular weight is 515 g/mol. The van der Waals surface area contributed by atoms with Gasteiger partial charge in [0.15, 0.2) is 0 Å². The first-order valence-electron chi connectivity index (χ1n) is 11.6. The molecule has 4 aromatic carbocycles. The fourth-order valence-electron chi connectivity index (χ4n) is 4.02. The SMILES string of the molecule is CCC(Sc1ccc(NC(=O)c2ccccc2F)cc1)C(=O)N1c2ccccc2Sc2ccccc21. The summed E-state index contributed by atoms with van der Waals surface area (Å²) < 4.78 is 13.9. The molecule has 1 aliphatic rings. The lowest BCUT2D eigenvalue weighted by Gasteiger charge is -2.33. The first kappa shape index (κ1) is 24.2. The van der Waals surface area contributed by atoms with Crippen LogP contribution in [0.4, 0.5) is 21.5 Å². The Morgan fingerprint density at radius 2 is 1.44 bits per heavy atom. The van der Waals surface area contributed by atoms with Crippen LogP contribution in [0.25, 0.3) is 0 Å². The van der Waals surface area contributed by atoms with E-state index in [1.54, 1.807) is 36.0 Å².